The van der Waals surface area contributed by atoms with Crippen molar-refractivity contribution < 1.29 is 9.84 Å². The summed E-state index contributed by atoms with van der Waals surface area (Å²) in [6.45, 7) is 3.75. The second-order valence-electron chi connectivity index (χ2n) is 3.16. The Hall–Kier alpha value is -1.09. The Balaban J connectivity index is 2.88. The van der Waals surface area contributed by atoms with Crippen LogP contribution in [-0.2, 0) is 0 Å². The van der Waals surface area contributed by atoms with Crippen LogP contribution in [0.4, 0.5) is 0 Å². The molecule has 13 heavy (non-hydrogen) atoms. The monoisotopic (exact) mass is 181 g/mol. The van der Waals surface area contributed by atoms with Crippen LogP contribution < -0.4 is 4.74 Å². The molecule has 2 unspecified atom stereocenters. The van der Waals surface area contributed by atoms with Gasteiger partial charge >= 0.3 is 0 Å². The van der Waals surface area contributed by atoms with Crippen molar-refractivity contribution in [2.45, 2.75) is 25.9 Å². The highest BCUT2D eigenvalue weighted by Gasteiger charge is 2.11. The van der Waals surface area contributed by atoms with Crippen molar-refractivity contribution in [1.29, 1.82) is 0 Å². The molecule has 0 radical (unpaired) electrons. The lowest BCUT2D eigenvalue weighted by molar-refractivity contribution is 0.169. The topological polar surface area (TPSA) is 42.4 Å². The van der Waals surface area contributed by atoms with E-state index in [9.17, 15) is 5.11 Å². The maximum atomic E-state index is 9.38. The molecule has 0 aliphatic carbocycles. The second-order valence-corrected chi connectivity index (χ2v) is 3.16. The molecule has 0 aliphatic heterocycles. The first-order valence-corrected chi connectivity index (χ1v) is 4.33. The van der Waals surface area contributed by atoms with Crippen molar-refractivity contribution >= 4 is 0 Å². The Morgan fingerprint density at radius 3 is 2.69 bits per heavy atom. The van der Waals surface area contributed by atoms with E-state index in [1.807, 2.05) is 19.1 Å². The molecule has 1 aromatic heterocycles. The van der Waals surface area contributed by atoms with E-state index in [0.717, 1.165) is 5.56 Å². The van der Waals surface area contributed by atoms with Gasteiger partial charge in [-0.15, -0.1) is 0 Å². The van der Waals surface area contributed by atoms with E-state index in [1.54, 1.807) is 20.2 Å². The molecule has 1 heterocycles. The SMILES string of the molecule is COc1cc(C(C)C(C)O)ccn1. The lowest BCUT2D eigenvalue weighted by Crippen LogP contribution is -2.11. The van der Waals surface area contributed by atoms with Crippen LogP contribution in [0, 0.1) is 0 Å². The Morgan fingerprint density at radius 2 is 2.15 bits per heavy atom. The fourth-order valence-electron chi connectivity index (χ4n) is 1.10. The molecule has 3 heteroatoms. The molecule has 1 aromatic rings. The fourth-order valence-corrected chi connectivity index (χ4v) is 1.10. The predicted molar refractivity (Wildman–Crippen MR) is 50.9 cm³/mol. The number of rotatable bonds is 3. The van der Waals surface area contributed by atoms with Crippen molar-refractivity contribution in [3.63, 3.8) is 0 Å². The van der Waals surface area contributed by atoms with Crippen molar-refractivity contribution in [1.82, 2.24) is 4.98 Å². The molecule has 1 rings (SSSR count). The minimum absolute atomic E-state index is 0.108. The number of aromatic nitrogens is 1. The van der Waals surface area contributed by atoms with Gasteiger partial charge in [0.2, 0.25) is 5.88 Å². The standard InChI is InChI=1S/C10H15NO2/c1-7(8(2)12)9-4-5-11-10(6-9)13-3/h4-8,12H,1-3H3. The van der Waals surface area contributed by atoms with Crippen LogP contribution >= 0.6 is 0 Å². The number of aliphatic hydroxyl groups is 1. The molecule has 2 atom stereocenters. The van der Waals surface area contributed by atoms with Crippen molar-refractivity contribution in [3.8, 4) is 5.88 Å². The van der Waals surface area contributed by atoms with Crippen molar-refractivity contribution in [2.75, 3.05) is 7.11 Å². The number of aliphatic hydroxyl groups excluding tert-OH is 1. The lowest BCUT2D eigenvalue weighted by Gasteiger charge is -2.14. The van der Waals surface area contributed by atoms with Gasteiger partial charge in [-0.1, -0.05) is 6.92 Å². The van der Waals surface area contributed by atoms with Crippen LogP contribution in [0.25, 0.3) is 0 Å². The minimum Gasteiger partial charge on any atom is -0.481 e. The minimum atomic E-state index is -0.355. The van der Waals surface area contributed by atoms with E-state index in [4.69, 9.17) is 4.74 Å². The highest BCUT2D eigenvalue weighted by atomic mass is 16.5. The van der Waals surface area contributed by atoms with E-state index < -0.39 is 0 Å². The quantitative estimate of drug-likeness (QED) is 0.769. The molecule has 0 spiro atoms. The van der Waals surface area contributed by atoms with Crippen LogP contribution in [0.1, 0.15) is 25.3 Å². The first kappa shape index (κ1) is 9.99. The maximum absolute atomic E-state index is 9.38. The van der Waals surface area contributed by atoms with E-state index in [2.05, 4.69) is 4.98 Å². The van der Waals surface area contributed by atoms with Crippen LogP contribution in [-0.4, -0.2) is 23.3 Å². The number of pyridine rings is 1. The maximum Gasteiger partial charge on any atom is 0.213 e. The van der Waals surface area contributed by atoms with Crippen LogP contribution in [0.2, 0.25) is 0 Å². The van der Waals surface area contributed by atoms with E-state index in [0.29, 0.717) is 5.88 Å². The van der Waals surface area contributed by atoms with Gasteiger partial charge in [-0.3, -0.25) is 0 Å². The van der Waals surface area contributed by atoms with E-state index in [1.165, 1.54) is 0 Å². The summed E-state index contributed by atoms with van der Waals surface area (Å²) in [4.78, 5) is 4.00. The lowest BCUT2D eigenvalue weighted by atomic mass is 9.97. The van der Waals surface area contributed by atoms with Gasteiger partial charge < -0.3 is 9.84 Å². The number of methoxy groups -OCH3 is 1. The summed E-state index contributed by atoms with van der Waals surface area (Å²) in [7, 11) is 1.58. The first-order valence-electron chi connectivity index (χ1n) is 4.33. The van der Waals surface area contributed by atoms with E-state index >= 15 is 0 Å². The summed E-state index contributed by atoms with van der Waals surface area (Å²) in [5, 5.41) is 9.38. The van der Waals surface area contributed by atoms with Gasteiger partial charge in [0.15, 0.2) is 0 Å². The van der Waals surface area contributed by atoms with Gasteiger partial charge in [-0.05, 0) is 18.6 Å². The summed E-state index contributed by atoms with van der Waals surface area (Å²) in [6.07, 6.45) is 1.33. The zero-order valence-electron chi connectivity index (χ0n) is 8.19. The third-order valence-corrected chi connectivity index (χ3v) is 2.22. The van der Waals surface area contributed by atoms with Gasteiger partial charge in [0, 0.05) is 18.2 Å². The van der Waals surface area contributed by atoms with Crippen LogP contribution in [0.15, 0.2) is 18.3 Å². The van der Waals surface area contributed by atoms with Gasteiger partial charge in [0.1, 0.15) is 0 Å². The predicted octanol–water partition coefficient (Wildman–Crippen LogP) is 1.57. The van der Waals surface area contributed by atoms with Gasteiger partial charge in [-0.25, -0.2) is 4.98 Å². The Kier molecular flexibility index (Phi) is 3.25. The zero-order chi connectivity index (χ0) is 9.84. The average molecular weight is 181 g/mol. The largest absolute Gasteiger partial charge is 0.481 e. The molecule has 0 aliphatic rings. The van der Waals surface area contributed by atoms with E-state index in [-0.39, 0.29) is 12.0 Å². The second kappa shape index (κ2) is 4.23. The molecule has 72 valence electrons. The highest BCUT2D eigenvalue weighted by Crippen LogP contribution is 2.21. The molecular formula is C10H15NO2. The number of ether oxygens (including phenoxy) is 1. The zero-order valence-corrected chi connectivity index (χ0v) is 8.19. The molecule has 0 fully saturated rings. The Morgan fingerprint density at radius 1 is 1.46 bits per heavy atom. The molecule has 3 nitrogen and oxygen atoms in total. The Labute approximate surface area is 78.4 Å². The van der Waals surface area contributed by atoms with Crippen molar-refractivity contribution in [2.24, 2.45) is 0 Å². The average Bonchev–Trinajstić information content (AvgIpc) is 2.16. The van der Waals surface area contributed by atoms with Crippen molar-refractivity contribution in [3.05, 3.63) is 23.9 Å². The normalized spacial score (nSPS) is 15.1. The number of hydrogen-bond acceptors (Lipinski definition) is 3. The summed E-state index contributed by atoms with van der Waals surface area (Å²) >= 11 is 0. The smallest absolute Gasteiger partial charge is 0.213 e. The molecule has 0 aromatic carbocycles. The molecule has 0 amide bonds. The third-order valence-electron chi connectivity index (χ3n) is 2.22. The van der Waals surface area contributed by atoms with Gasteiger partial charge in [-0.2, -0.15) is 0 Å². The summed E-state index contributed by atoms with van der Waals surface area (Å²) in [6, 6.07) is 3.73. The molecule has 0 saturated heterocycles. The number of hydrogen-bond donors (Lipinski definition) is 1. The molecule has 0 bridgehead atoms. The molecule has 0 saturated carbocycles. The summed E-state index contributed by atoms with van der Waals surface area (Å²) in [5.74, 6) is 0.696. The molecule has 1 N–H and O–H groups in total. The van der Waals surface area contributed by atoms with Crippen LogP contribution in [0.5, 0.6) is 5.88 Å². The van der Waals surface area contributed by atoms with Crippen LogP contribution in [0.3, 0.4) is 0 Å². The first-order chi connectivity index (χ1) is 6.15. The highest BCUT2D eigenvalue weighted by molar-refractivity contribution is 5.24. The summed E-state index contributed by atoms with van der Waals surface area (Å²) < 4.78 is 4.99. The number of nitrogens with zero attached hydrogens (tertiary/aromatic N) is 1. The summed E-state index contributed by atoms with van der Waals surface area (Å²) in [5.41, 5.74) is 1.04. The third kappa shape index (κ3) is 2.42. The Bertz CT molecular complexity index is 273. The van der Waals surface area contributed by atoms with Gasteiger partial charge in [0.25, 0.3) is 0 Å². The molecular weight excluding hydrogens is 166 g/mol. The fraction of sp³-hybridized carbons (Fsp3) is 0.500. The van der Waals surface area contributed by atoms with Gasteiger partial charge in [0.05, 0.1) is 13.2 Å².